The van der Waals surface area contributed by atoms with Crippen molar-refractivity contribution in [3.8, 4) is 11.5 Å². The minimum absolute atomic E-state index is 0.624. The van der Waals surface area contributed by atoms with Crippen molar-refractivity contribution in [3.63, 3.8) is 0 Å². The van der Waals surface area contributed by atoms with Gasteiger partial charge >= 0.3 is 0 Å². The monoisotopic (exact) mass is 407 g/mol. The Bertz CT molecular complexity index is 450. The first kappa shape index (κ1) is 25.8. The molecule has 4 nitrogen and oxygen atoms in total. The molecule has 0 fully saturated rings. The first-order valence-corrected chi connectivity index (χ1v) is 12.0. The molecule has 168 valence electrons. The predicted molar refractivity (Wildman–Crippen MR) is 123 cm³/mol. The molecule has 0 bridgehead atoms. The summed E-state index contributed by atoms with van der Waals surface area (Å²) in [5.74, 6) is 1.82. The molecule has 0 unspecified atom stereocenters. The van der Waals surface area contributed by atoms with E-state index in [-0.39, 0.29) is 0 Å². The first-order valence-electron chi connectivity index (χ1n) is 12.0. The molecule has 0 saturated heterocycles. The Balaban J connectivity index is 1.92. The van der Waals surface area contributed by atoms with Crippen molar-refractivity contribution < 1.29 is 14.2 Å². The van der Waals surface area contributed by atoms with Gasteiger partial charge in [-0.15, -0.1) is 0 Å². The highest BCUT2D eigenvalue weighted by Crippen LogP contribution is 2.18. The van der Waals surface area contributed by atoms with Crippen LogP contribution in [0.3, 0.4) is 0 Å². The third-order valence-electron chi connectivity index (χ3n) is 4.92. The van der Waals surface area contributed by atoms with Crippen LogP contribution in [0.5, 0.6) is 11.5 Å². The fourth-order valence-electron chi connectivity index (χ4n) is 3.16. The van der Waals surface area contributed by atoms with E-state index >= 15 is 0 Å². The maximum absolute atomic E-state index is 5.84. The summed E-state index contributed by atoms with van der Waals surface area (Å²) in [6, 6.07) is 7.96. The van der Waals surface area contributed by atoms with Gasteiger partial charge in [0.1, 0.15) is 11.5 Å². The van der Waals surface area contributed by atoms with Crippen molar-refractivity contribution in [2.75, 3.05) is 33.1 Å². The lowest BCUT2D eigenvalue weighted by Crippen LogP contribution is -2.19. The Labute approximate surface area is 179 Å². The molecule has 0 heterocycles. The third kappa shape index (κ3) is 16.2. The molecule has 0 aromatic heterocycles. The van der Waals surface area contributed by atoms with Gasteiger partial charge < -0.3 is 14.2 Å². The fraction of sp³-hybridized carbons (Fsp3) is 0.760. The van der Waals surface area contributed by atoms with Crippen LogP contribution >= 0.6 is 0 Å². The zero-order chi connectivity index (χ0) is 20.8. The van der Waals surface area contributed by atoms with Gasteiger partial charge in [-0.05, 0) is 43.7 Å². The van der Waals surface area contributed by atoms with Crippen LogP contribution in [0, 0.1) is 0 Å². The first-order chi connectivity index (χ1) is 14.4. The Morgan fingerprint density at radius 1 is 0.586 bits per heavy atom. The Kier molecular flexibility index (Phi) is 17.8. The van der Waals surface area contributed by atoms with Gasteiger partial charge in [-0.3, -0.25) is 5.32 Å². The molecule has 0 radical (unpaired) electrons. The molecule has 4 heteroatoms. The van der Waals surface area contributed by atoms with Gasteiger partial charge in [-0.25, -0.2) is 0 Å². The Hall–Kier alpha value is -1.26. The molecule has 1 aromatic rings. The molecular formula is C25H45NO3. The van der Waals surface area contributed by atoms with Crippen LogP contribution in [0.2, 0.25) is 0 Å². The number of benzene rings is 1. The highest BCUT2D eigenvalue weighted by atomic mass is 16.5. The normalized spacial score (nSPS) is 11.0. The van der Waals surface area contributed by atoms with Crippen LogP contribution in [0.25, 0.3) is 0 Å². The van der Waals surface area contributed by atoms with Crippen molar-refractivity contribution in [2.45, 2.75) is 90.9 Å². The van der Waals surface area contributed by atoms with Gasteiger partial charge in [0.25, 0.3) is 0 Å². The molecule has 1 aromatic carbocycles. The number of hydrogen-bond acceptors (Lipinski definition) is 4. The van der Waals surface area contributed by atoms with Gasteiger partial charge in [0.15, 0.2) is 0 Å². The standard InChI is InChI=1S/C25H45NO3/c1-3-5-6-7-8-9-10-11-12-13-21-28-24-15-17-25(18-16-24)29-22-14-20-27-23-26-19-4-2/h15-18,26H,3-14,19-23H2,1-2H3. The SMILES string of the molecule is CCCCCCCCCCCCOc1ccc(OCCCOCNCCC)cc1. The summed E-state index contributed by atoms with van der Waals surface area (Å²) in [4.78, 5) is 0. The zero-order valence-corrected chi connectivity index (χ0v) is 19.1. The van der Waals surface area contributed by atoms with Gasteiger partial charge in [0.05, 0.1) is 26.6 Å². The summed E-state index contributed by atoms with van der Waals surface area (Å²) < 4.78 is 17.1. The molecule has 0 aliphatic rings. The van der Waals surface area contributed by atoms with E-state index < -0.39 is 0 Å². The van der Waals surface area contributed by atoms with Crippen molar-refractivity contribution in [1.29, 1.82) is 0 Å². The number of hydrogen-bond donors (Lipinski definition) is 1. The Morgan fingerprint density at radius 2 is 1.10 bits per heavy atom. The molecule has 0 amide bonds. The molecule has 1 N–H and O–H groups in total. The Morgan fingerprint density at radius 3 is 1.66 bits per heavy atom. The van der Waals surface area contributed by atoms with Crippen LogP contribution in [-0.2, 0) is 4.74 Å². The van der Waals surface area contributed by atoms with Crippen LogP contribution in [0.1, 0.15) is 90.9 Å². The average Bonchev–Trinajstić information content (AvgIpc) is 2.75. The zero-order valence-electron chi connectivity index (χ0n) is 19.1. The fourth-order valence-corrected chi connectivity index (χ4v) is 3.16. The quantitative estimate of drug-likeness (QED) is 0.181. The molecule has 0 spiro atoms. The van der Waals surface area contributed by atoms with Gasteiger partial charge in [0.2, 0.25) is 0 Å². The molecule has 0 aliphatic heterocycles. The number of unbranched alkanes of at least 4 members (excludes halogenated alkanes) is 9. The van der Waals surface area contributed by atoms with Crippen molar-refractivity contribution in [3.05, 3.63) is 24.3 Å². The second kappa shape index (κ2) is 20.0. The van der Waals surface area contributed by atoms with Gasteiger partial charge in [-0.2, -0.15) is 0 Å². The molecular weight excluding hydrogens is 362 g/mol. The maximum Gasteiger partial charge on any atom is 0.119 e. The van der Waals surface area contributed by atoms with E-state index in [1.54, 1.807) is 0 Å². The molecule has 29 heavy (non-hydrogen) atoms. The molecule has 0 saturated carbocycles. The summed E-state index contributed by atoms with van der Waals surface area (Å²) in [5.41, 5.74) is 0. The smallest absolute Gasteiger partial charge is 0.119 e. The van der Waals surface area contributed by atoms with E-state index in [0.717, 1.165) is 50.5 Å². The maximum atomic E-state index is 5.84. The van der Waals surface area contributed by atoms with Crippen LogP contribution in [0.4, 0.5) is 0 Å². The number of ether oxygens (including phenoxy) is 3. The highest BCUT2D eigenvalue weighted by molar-refractivity contribution is 5.31. The van der Waals surface area contributed by atoms with Crippen LogP contribution < -0.4 is 14.8 Å². The second-order valence-corrected chi connectivity index (χ2v) is 7.76. The van der Waals surface area contributed by atoms with Crippen LogP contribution in [0.15, 0.2) is 24.3 Å². The largest absolute Gasteiger partial charge is 0.494 e. The van der Waals surface area contributed by atoms with E-state index in [4.69, 9.17) is 14.2 Å². The lowest BCUT2D eigenvalue weighted by atomic mass is 10.1. The summed E-state index contributed by atoms with van der Waals surface area (Å²) in [6.45, 7) is 8.25. The number of nitrogens with one attached hydrogen (secondary N) is 1. The third-order valence-corrected chi connectivity index (χ3v) is 4.92. The summed E-state index contributed by atoms with van der Waals surface area (Å²) in [5, 5.41) is 3.21. The van der Waals surface area contributed by atoms with Gasteiger partial charge in [-0.1, -0.05) is 71.6 Å². The second-order valence-electron chi connectivity index (χ2n) is 7.76. The predicted octanol–water partition coefficient (Wildman–Crippen LogP) is 6.73. The molecule has 0 aliphatic carbocycles. The van der Waals surface area contributed by atoms with E-state index in [1.807, 2.05) is 24.3 Å². The van der Waals surface area contributed by atoms with E-state index in [2.05, 4.69) is 19.2 Å². The minimum Gasteiger partial charge on any atom is -0.494 e. The minimum atomic E-state index is 0.624. The summed E-state index contributed by atoms with van der Waals surface area (Å²) in [7, 11) is 0. The van der Waals surface area contributed by atoms with E-state index in [1.165, 1.54) is 57.8 Å². The number of rotatable bonds is 21. The van der Waals surface area contributed by atoms with Crippen molar-refractivity contribution in [2.24, 2.45) is 0 Å². The van der Waals surface area contributed by atoms with Gasteiger partial charge in [0, 0.05) is 6.42 Å². The summed E-state index contributed by atoms with van der Waals surface area (Å²) >= 11 is 0. The van der Waals surface area contributed by atoms with E-state index in [9.17, 15) is 0 Å². The van der Waals surface area contributed by atoms with Crippen LogP contribution in [-0.4, -0.2) is 33.1 Å². The van der Waals surface area contributed by atoms with Crippen molar-refractivity contribution in [1.82, 2.24) is 5.32 Å². The summed E-state index contributed by atoms with van der Waals surface area (Å²) in [6.07, 6.45) is 15.5. The highest BCUT2D eigenvalue weighted by Gasteiger charge is 1.98. The average molecular weight is 408 g/mol. The van der Waals surface area contributed by atoms with E-state index in [0.29, 0.717) is 13.3 Å². The lowest BCUT2D eigenvalue weighted by Gasteiger charge is -2.09. The molecule has 1 rings (SSSR count). The molecule has 0 atom stereocenters. The topological polar surface area (TPSA) is 39.7 Å². The van der Waals surface area contributed by atoms with Crippen molar-refractivity contribution >= 4 is 0 Å². The lowest BCUT2D eigenvalue weighted by molar-refractivity contribution is 0.104.